The van der Waals surface area contributed by atoms with E-state index in [-0.39, 0.29) is 5.82 Å². The minimum Gasteiger partial charge on any atom is -0.307 e. The molecule has 1 aromatic carbocycles. The van der Waals surface area contributed by atoms with Gasteiger partial charge in [0.25, 0.3) is 0 Å². The maximum absolute atomic E-state index is 13.0. The lowest BCUT2D eigenvalue weighted by atomic mass is 10.0. The van der Waals surface area contributed by atoms with Crippen molar-refractivity contribution in [3.8, 4) is 0 Å². The average molecular weight is 207 g/mol. The van der Waals surface area contributed by atoms with Crippen LogP contribution in [0.1, 0.15) is 38.3 Å². The van der Waals surface area contributed by atoms with E-state index in [9.17, 15) is 4.39 Å². The van der Waals surface area contributed by atoms with Crippen LogP contribution in [0.25, 0.3) is 0 Å². The van der Waals surface area contributed by atoms with E-state index < -0.39 is 0 Å². The van der Waals surface area contributed by atoms with Gasteiger partial charge in [-0.2, -0.15) is 0 Å². The second-order valence-corrected chi connectivity index (χ2v) is 4.70. The largest absolute Gasteiger partial charge is 0.307 e. The molecule has 0 amide bonds. The molecule has 2 unspecified atom stereocenters. The predicted molar refractivity (Wildman–Crippen MR) is 60.1 cm³/mol. The summed E-state index contributed by atoms with van der Waals surface area (Å²) in [5.74, 6) is 0.519. The first kappa shape index (κ1) is 10.6. The summed E-state index contributed by atoms with van der Waals surface area (Å²) in [6.45, 7) is 4.46. The lowest BCUT2D eigenvalue weighted by molar-refractivity contribution is 0.432. The van der Waals surface area contributed by atoms with Crippen LogP contribution in [0.2, 0.25) is 0 Å². The molecule has 0 aliphatic carbocycles. The summed E-state index contributed by atoms with van der Waals surface area (Å²) in [4.78, 5) is 0. The van der Waals surface area contributed by atoms with Gasteiger partial charge >= 0.3 is 0 Å². The van der Waals surface area contributed by atoms with Crippen molar-refractivity contribution in [2.75, 3.05) is 0 Å². The van der Waals surface area contributed by atoms with Gasteiger partial charge in [-0.1, -0.05) is 26.0 Å². The summed E-state index contributed by atoms with van der Waals surface area (Å²) in [6.07, 6.45) is 2.31. The van der Waals surface area contributed by atoms with Gasteiger partial charge in [0.15, 0.2) is 0 Å². The molecule has 1 nitrogen and oxygen atoms in total. The highest BCUT2D eigenvalue weighted by atomic mass is 19.1. The SMILES string of the molecule is CC(C)C1CCC(c2cccc(F)c2)N1. The monoisotopic (exact) mass is 207 g/mol. The van der Waals surface area contributed by atoms with Gasteiger partial charge in [-0.25, -0.2) is 4.39 Å². The molecule has 0 spiro atoms. The number of hydrogen-bond acceptors (Lipinski definition) is 1. The van der Waals surface area contributed by atoms with E-state index in [2.05, 4.69) is 19.2 Å². The second-order valence-electron chi connectivity index (χ2n) is 4.70. The number of hydrogen-bond donors (Lipinski definition) is 1. The van der Waals surface area contributed by atoms with Crippen LogP contribution in [-0.2, 0) is 0 Å². The molecule has 1 N–H and O–H groups in total. The van der Waals surface area contributed by atoms with Crippen LogP contribution in [0.5, 0.6) is 0 Å². The minimum atomic E-state index is -0.137. The fourth-order valence-corrected chi connectivity index (χ4v) is 2.28. The Morgan fingerprint density at radius 1 is 1.33 bits per heavy atom. The molecule has 2 atom stereocenters. The molecule has 82 valence electrons. The zero-order valence-electron chi connectivity index (χ0n) is 9.33. The first-order chi connectivity index (χ1) is 7.16. The summed E-state index contributed by atoms with van der Waals surface area (Å²) in [6, 6.07) is 7.85. The molecule has 15 heavy (non-hydrogen) atoms. The third-order valence-corrected chi connectivity index (χ3v) is 3.24. The third kappa shape index (κ3) is 2.37. The summed E-state index contributed by atoms with van der Waals surface area (Å²) < 4.78 is 13.0. The summed E-state index contributed by atoms with van der Waals surface area (Å²) in [7, 11) is 0. The van der Waals surface area contributed by atoms with Crippen molar-refractivity contribution in [2.45, 2.75) is 38.8 Å². The average Bonchev–Trinajstić information content (AvgIpc) is 2.66. The second kappa shape index (κ2) is 4.31. The molecule has 1 aliphatic heterocycles. The van der Waals surface area contributed by atoms with Gasteiger partial charge < -0.3 is 5.32 Å². The molecule has 1 saturated heterocycles. The van der Waals surface area contributed by atoms with Crippen LogP contribution >= 0.6 is 0 Å². The minimum absolute atomic E-state index is 0.137. The van der Waals surface area contributed by atoms with E-state index in [1.165, 1.54) is 12.5 Å². The zero-order chi connectivity index (χ0) is 10.8. The van der Waals surface area contributed by atoms with E-state index in [1.807, 2.05) is 6.07 Å². The molecule has 1 fully saturated rings. The lowest BCUT2D eigenvalue weighted by Crippen LogP contribution is -2.28. The standard InChI is InChI=1S/C13H18FN/c1-9(2)12-6-7-13(15-12)10-4-3-5-11(14)8-10/h3-5,8-9,12-13,15H,6-7H2,1-2H3. The molecular weight excluding hydrogens is 189 g/mol. The molecule has 1 aromatic rings. The molecule has 2 heteroatoms. The van der Waals surface area contributed by atoms with E-state index in [0.717, 1.165) is 12.0 Å². The Morgan fingerprint density at radius 3 is 2.73 bits per heavy atom. The van der Waals surface area contributed by atoms with Gasteiger partial charge in [-0.05, 0) is 36.5 Å². The molecule has 1 heterocycles. The highest BCUT2D eigenvalue weighted by Crippen LogP contribution is 2.29. The predicted octanol–water partition coefficient (Wildman–Crippen LogP) is 3.27. The Balaban J connectivity index is 2.08. The number of halogens is 1. The van der Waals surface area contributed by atoms with Crippen LogP contribution in [0.3, 0.4) is 0 Å². The fourth-order valence-electron chi connectivity index (χ4n) is 2.28. The molecule has 2 rings (SSSR count). The van der Waals surface area contributed by atoms with Gasteiger partial charge in [-0.15, -0.1) is 0 Å². The smallest absolute Gasteiger partial charge is 0.123 e. The molecular formula is C13H18FN. The van der Waals surface area contributed by atoms with Gasteiger partial charge in [0.1, 0.15) is 5.82 Å². The Labute approximate surface area is 90.7 Å². The van der Waals surface area contributed by atoms with Crippen molar-refractivity contribution in [1.82, 2.24) is 5.32 Å². The number of rotatable bonds is 2. The Bertz CT molecular complexity index is 335. The molecule has 0 aromatic heterocycles. The highest BCUT2D eigenvalue weighted by Gasteiger charge is 2.26. The molecule has 0 bridgehead atoms. The molecule has 1 aliphatic rings. The van der Waals surface area contributed by atoms with Crippen LogP contribution in [0.4, 0.5) is 4.39 Å². The van der Waals surface area contributed by atoms with Crippen LogP contribution < -0.4 is 5.32 Å². The van der Waals surface area contributed by atoms with Crippen LogP contribution in [0, 0.1) is 11.7 Å². The normalized spacial score (nSPS) is 26.1. The fraction of sp³-hybridized carbons (Fsp3) is 0.538. The highest BCUT2D eigenvalue weighted by molar-refractivity contribution is 5.21. The van der Waals surface area contributed by atoms with Crippen molar-refractivity contribution in [3.63, 3.8) is 0 Å². The van der Waals surface area contributed by atoms with Crippen LogP contribution in [-0.4, -0.2) is 6.04 Å². The first-order valence-electron chi connectivity index (χ1n) is 5.68. The van der Waals surface area contributed by atoms with Gasteiger partial charge in [0, 0.05) is 12.1 Å². The molecule has 0 saturated carbocycles. The van der Waals surface area contributed by atoms with E-state index in [4.69, 9.17) is 0 Å². The lowest BCUT2D eigenvalue weighted by Gasteiger charge is -2.17. The van der Waals surface area contributed by atoms with Crippen molar-refractivity contribution in [3.05, 3.63) is 35.6 Å². The van der Waals surface area contributed by atoms with E-state index in [1.54, 1.807) is 12.1 Å². The van der Waals surface area contributed by atoms with Crippen LogP contribution in [0.15, 0.2) is 24.3 Å². The van der Waals surface area contributed by atoms with Gasteiger partial charge in [-0.3, -0.25) is 0 Å². The van der Waals surface area contributed by atoms with Crippen molar-refractivity contribution >= 4 is 0 Å². The third-order valence-electron chi connectivity index (χ3n) is 3.24. The Hall–Kier alpha value is -0.890. The van der Waals surface area contributed by atoms with Gasteiger partial charge in [0.05, 0.1) is 0 Å². The van der Waals surface area contributed by atoms with Gasteiger partial charge in [0.2, 0.25) is 0 Å². The molecule has 0 radical (unpaired) electrons. The number of nitrogens with one attached hydrogen (secondary N) is 1. The van der Waals surface area contributed by atoms with E-state index >= 15 is 0 Å². The topological polar surface area (TPSA) is 12.0 Å². The Kier molecular flexibility index (Phi) is 3.06. The van der Waals surface area contributed by atoms with E-state index in [0.29, 0.717) is 18.0 Å². The maximum atomic E-state index is 13.0. The summed E-state index contributed by atoms with van der Waals surface area (Å²) >= 11 is 0. The first-order valence-corrected chi connectivity index (χ1v) is 5.68. The summed E-state index contributed by atoms with van der Waals surface area (Å²) in [5.41, 5.74) is 1.08. The summed E-state index contributed by atoms with van der Waals surface area (Å²) in [5, 5.41) is 3.57. The Morgan fingerprint density at radius 2 is 2.13 bits per heavy atom. The van der Waals surface area contributed by atoms with Crippen molar-refractivity contribution < 1.29 is 4.39 Å². The van der Waals surface area contributed by atoms with Crippen molar-refractivity contribution in [1.29, 1.82) is 0 Å². The number of benzene rings is 1. The van der Waals surface area contributed by atoms with Crippen molar-refractivity contribution in [2.24, 2.45) is 5.92 Å². The quantitative estimate of drug-likeness (QED) is 0.784. The zero-order valence-corrected chi connectivity index (χ0v) is 9.33. The maximum Gasteiger partial charge on any atom is 0.123 e.